The summed E-state index contributed by atoms with van der Waals surface area (Å²) in [5, 5.41) is 3.63. The highest BCUT2D eigenvalue weighted by atomic mass is 16.5. The van der Waals surface area contributed by atoms with Gasteiger partial charge < -0.3 is 10.3 Å². The first-order valence-corrected chi connectivity index (χ1v) is 4.13. The lowest BCUT2D eigenvalue weighted by molar-refractivity contribution is 0.0959. The van der Waals surface area contributed by atoms with Crippen molar-refractivity contribution in [3.05, 3.63) is 17.5 Å². The number of carbonyl (C=O) groups excluding carboxylic acids is 1. The Morgan fingerprint density at radius 1 is 1.69 bits per heavy atom. The summed E-state index contributed by atoms with van der Waals surface area (Å²) in [6.45, 7) is 5.36. The molecule has 0 bridgehead atoms. The van der Waals surface area contributed by atoms with E-state index in [0.717, 1.165) is 0 Å². The van der Waals surface area contributed by atoms with Crippen LogP contribution in [0.4, 0.5) is 0 Å². The standard InChI is InChI=1S/C9H14N2O2/c1-6-7(5-13-11-6)8(12)4-9(2,3)10/h5H,4,10H2,1-3H3. The van der Waals surface area contributed by atoms with Crippen LogP contribution in [0.1, 0.15) is 36.3 Å². The van der Waals surface area contributed by atoms with Gasteiger partial charge in [-0.1, -0.05) is 5.16 Å². The Kier molecular flexibility index (Phi) is 2.52. The van der Waals surface area contributed by atoms with E-state index >= 15 is 0 Å². The third-order valence-electron chi connectivity index (χ3n) is 1.67. The second-order valence-electron chi connectivity index (χ2n) is 3.90. The first-order chi connectivity index (χ1) is 5.90. The monoisotopic (exact) mass is 182 g/mol. The van der Waals surface area contributed by atoms with Gasteiger partial charge in [-0.2, -0.15) is 0 Å². The summed E-state index contributed by atoms with van der Waals surface area (Å²) >= 11 is 0. The highest BCUT2D eigenvalue weighted by Crippen LogP contribution is 2.13. The molecule has 0 saturated carbocycles. The van der Waals surface area contributed by atoms with Gasteiger partial charge in [0.15, 0.2) is 5.78 Å². The molecule has 0 aliphatic carbocycles. The molecule has 0 aliphatic heterocycles. The van der Waals surface area contributed by atoms with E-state index in [1.165, 1.54) is 6.26 Å². The van der Waals surface area contributed by atoms with Gasteiger partial charge >= 0.3 is 0 Å². The average Bonchev–Trinajstić information content (AvgIpc) is 2.30. The molecule has 0 aliphatic rings. The molecule has 4 heteroatoms. The molecular weight excluding hydrogens is 168 g/mol. The Morgan fingerprint density at radius 3 is 2.69 bits per heavy atom. The number of nitrogens with zero attached hydrogens (tertiary/aromatic N) is 1. The van der Waals surface area contributed by atoms with E-state index in [9.17, 15) is 4.79 Å². The Labute approximate surface area is 77.1 Å². The van der Waals surface area contributed by atoms with Gasteiger partial charge in [-0.15, -0.1) is 0 Å². The van der Waals surface area contributed by atoms with E-state index in [1.807, 2.05) is 13.8 Å². The smallest absolute Gasteiger partial charge is 0.169 e. The zero-order valence-electron chi connectivity index (χ0n) is 8.13. The molecule has 0 saturated heterocycles. The van der Waals surface area contributed by atoms with Crippen LogP contribution in [0.25, 0.3) is 0 Å². The molecule has 0 fully saturated rings. The minimum atomic E-state index is -0.485. The topological polar surface area (TPSA) is 69.1 Å². The van der Waals surface area contributed by atoms with Crippen LogP contribution in [-0.2, 0) is 0 Å². The molecule has 0 amide bonds. The van der Waals surface area contributed by atoms with E-state index in [4.69, 9.17) is 5.73 Å². The minimum Gasteiger partial charge on any atom is -0.364 e. The van der Waals surface area contributed by atoms with E-state index in [-0.39, 0.29) is 5.78 Å². The van der Waals surface area contributed by atoms with E-state index in [2.05, 4.69) is 9.68 Å². The Morgan fingerprint density at radius 2 is 2.31 bits per heavy atom. The summed E-state index contributed by atoms with van der Waals surface area (Å²) in [5.41, 5.74) is 6.38. The third kappa shape index (κ3) is 2.66. The number of nitrogens with two attached hydrogens (primary N) is 1. The van der Waals surface area contributed by atoms with Crippen molar-refractivity contribution in [2.24, 2.45) is 5.73 Å². The molecule has 2 N–H and O–H groups in total. The van der Waals surface area contributed by atoms with Gasteiger partial charge in [0.1, 0.15) is 6.26 Å². The van der Waals surface area contributed by atoms with Crippen LogP contribution in [0.5, 0.6) is 0 Å². The van der Waals surface area contributed by atoms with Crippen molar-refractivity contribution >= 4 is 5.78 Å². The number of rotatable bonds is 3. The fraction of sp³-hybridized carbons (Fsp3) is 0.556. The molecular formula is C9H14N2O2. The summed E-state index contributed by atoms with van der Waals surface area (Å²) in [6.07, 6.45) is 1.67. The summed E-state index contributed by atoms with van der Waals surface area (Å²) < 4.78 is 4.67. The van der Waals surface area contributed by atoms with Crippen LogP contribution < -0.4 is 5.73 Å². The summed E-state index contributed by atoms with van der Waals surface area (Å²) in [4.78, 5) is 11.6. The number of aromatic nitrogens is 1. The van der Waals surface area contributed by atoms with Crippen molar-refractivity contribution in [2.45, 2.75) is 32.7 Å². The van der Waals surface area contributed by atoms with E-state index < -0.39 is 5.54 Å². The predicted octanol–water partition coefficient (Wildman–Crippen LogP) is 1.29. The van der Waals surface area contributed by atoms with Crippen LogP contribution in [0.2, 0.25) is 0 Å². The fourth-order valence-corrected chi connectivity index (χ4v) is 1.07. The lowest BCUT2D eigenvalue weighted by Crippen LogP contribution is -2.34. The lowest BCUT2D eigenvalue weighted by atomic mass is 9.96. The Balaban J connectivity index is 2.76. The number of carbonyl (C=O) groups is 1. The molecule has 0 aromatic carbocycles. The first kappa shape index (κ1) is 9.92. The van der Waals surface area contributed by atoms with Gasteiger partial charge in [0, 0.05) is 12.0 Å². The van der Waals surface area contributed by atoms with Gasteiger partial charge in [0.25, 0.3) is 0 Å². The predicted molar refractivity (Wildman–Crippen MR) is 48.5 cm³/mol. The molecule has 0 atom stereocenters. The molecule has 0 unspecified atom stereocenters. The van der Waals surface area contributed by atoms with Gasteiger partial charge in [-0.05, 0) is 20.8 Å². The summed E-state index contributed by atoms with van der Waals surface area (Å²) in [7, 11) is 0. The molecule has 1 aromatic rings. The zero-order chi connectivity index (χ0) is 10.1. The van der Waals surface area contributed by atoms with Crippen molar-refractivity contribution < 1.29 is 9.32 Å². The molecule has 1 heterocycles. The summed E-state index contributed by atoms with van der Waals surface area (Å²) in [5.74, 6) is -0.0220. The van der Waals surface area contributed by atoms with Crippen LogP contribution >= 0.6 is 0 Å². The van der Waals surface area contributed by atoms with Crippen molar-refractivity contribution in [1.82, 2.24) is 5.16 Å². The van der Waals surface area contributed by atoms with Crippen molar-refractivity contribution in [3.63, 3.8) is 0 Å². The van der Waals surface area contributed by atoms with E-state index in [1.54, 1.807) is 6.92 Å². The second kappa shape index (κ2) is 3.30. The number of hydrogen-bond acceptors (Lipinski definition) is 4. The quantitative estimate of drug-likeness (QED) is 0.715. The summed E-state index contributed by atoms with van der Waals surface area (Å²) in [6, 6.07) is 0. The molecule has 1 rings (SSSR count). The SMILES string of the molecule is Cc1nocc1C(=O)CC(C)(C)N. The van der Waals surface area contributed by atoms with E-state index in [0.29, 0.717) is 17.7 Å². The molecule has 72 valence electrons. The van der Waals surface area contributed by atoms with Gasteiger partial charge in [-0.3, -0.25) is 4.79 Å². The van der Waals surface area contributed by atoms with Crippen LogP contribution in [0, 0.1) is 6.92 Å². The normalized spacial score (nSPS) is 11.7. The first-order valence-electron chi connectivity index (χ1n) is 4.13. The number of ketones is 1. The number of Topliss-reactive ketones (excluding diaryl/α,β-unsaturated/α-hetero) is 1. The highest BCUT2D eigenvalue weighted by molar-refractivity contribution is 5.97. The van der Waals surface area contributed by atoms with Gasteiger partial charge in [-0.25, -0.2) is 0 Å². The Bertz CT molecular complexity index is 310. The Hall–Kier alpha value is -1.16. The maximum atomic E-state index is 11.6. The third-order valence-corrected chi connectivity index (χ3v) is 1.67. The van der Waals surface area contributed by atoms with Gasteiger partial charge in [0.05, 0.1) is 11.3 Å². The number of aryl methyl sites for hydroxylation is 1. The molecule has 4 nitrogen and oxygen atoms in total. The lowest BCUT2D eigenvalue weighted by Gasteiger charge is -2.16. The van der Waals surface area contributed by atoms with Crippen LogP contribution in [-0.4, -0.2) is 16.5 Å². The minimum absolute atomic E-state index is 0.0220. The van der Waals surface area contributed by atoms with Crippen LogP contribution in [0.3, 0.4) is 0 Å². The average molecular weight is 182 g/mol. The van der Waals surface area contributed by atoms with Crippen molar-refractivity contribution in [3.8, 4) is 0 Å². The number of hydrogen-bond donors (Lipinski definition) is 1. The maximum Gasteiger partial charge on any atom is 0.169 e. The largest absolute Gasteiger partial charge is 0.364 e. The van der Waals surface area contributed by atoms with Gasteiger partial charge in [0.2, 0.25) is 0 Å². The fourth-order valence-electron chi connectivity index (χ4n) is 1.07. The van der Waals surface area contributed by atoms with Crippen molar-refractivity contribution in [2.75, 3.05) is 0 Å². The second-order valence-corrected chi connectivity index (χ2v) is 3.90. The van der Waals surface area contributed by atoms with Crippen molar-refractivity contribution in [1.29, 1.82) is 0 Å². The maximum absolute atomic E-state index is 11.6. The highest BCUT2D eigenvalue weighted by Gasteiger charge is 2.20. The molecule has 0 spiro atoms. The molecule has 0 radical (unpaired) electrons. The molecule has 1 aromatic heterocycles. The zero-order valence-corrected chi connectivity index (χ0v) is 8.13. The molecule has 13 heavy (non-hydrogen) atoms. The van der Waals surface area contributed by atoms with Crippen LogP contribution in [0.15, 0.2) is 10.8 Å².